The molecule has 0 aliphatic carbocycles. The molecule has 0 saturated carbocycles. The van der Waals surface area contributed by atoms with E-state index in [4.69, 9.17) is 5.11 Å². The Hall–Kier alpha value is -1.19. The highest BCUT2D eigenvalue weighted by atomic mass is 16.3. The van der Waals surface area contributed by atoms with Crippen molar-refractivity contribution in [3.8, 4) is 0 Å². The predicted octanol–water partition coefficient (Wildman–Crippen LogP) is 0.507. The van der Waals surface area contributed by atoms with E-state index < -0.39 is 6.61 Å². The van der Waals surface area contributed by atoms with Gasteiger partial charge in [-0.2, -0.15) is 0 Å². The Morgan fingerprint density at radius 3 is 3.07 bits per heavy atom. The van der Waals surface area contributed by atoms with E-state index in [1.165, 1.54) is 11.1 Å². The van der Waals surface area contributed by atoms with E-state index in [1.807, 2.05) is 12.1 Å². The van der Waals surface area contributed by atoms with Crippen molar-refractivity contribution in [1.82, 2.24) is 5.32 Å². The van der Waals surface area contributed by atoms with Gasteiger partial charge in [0, 0.05) is 12.1 Å². The van der Waals surface area contributed by atoms with Crippen molar-refractivity contribution in [3.05, 3.63) is 34.9 Å². The SMILES string of the molecule is O=C(CO)c1ccc2c(c1)CCNC2. The normalized spacial score (nSPS) is 14.9. The van der Waals surface area contributed by atoms with Gasteiger partial charge in [-0.15, -0.1) is 0 Å². The number of rotatable bonds is 2. The maximum Gasteiger partial charge on any atom is 0.188 e. The standard InChI is InChI=1S/C11H13NO2/c13-7-11(14)9-1-2-10-6-12-4-3-8(10)5-9/h1-2,5,12-13H,3-4,6-7H2. The van der Waals surface area contributed by atoms with Crippen molar-refractivity contribution in [2.75, 3.05) is 13.2 Å². The molecule has 3 heteroatoms. The average molecular weight is 191 g/mol. The van der Waals surface area contributed by atoms with Gasteiger partial charge in [0.1, 0.15) is 6.61 Å². The third kappa shape index (κ3) is 1.69. The van der Waals surface area contributed by atoms with Crippen LogP contribution in [0.2, 0.25) is 0 Å². The van der Waals surface area contributed by atoms with Gasteiger partial charge in [0.15, 0.2) is 5.78 Å². The molecule has 1 aliphatic rings. The molecular formula is C11H13NO2. The molecule has 0 spiro atoms. The molecule has 0 aromatic heterocycles. The van der Waals surface area contributed by atoms with Gasteiger partial charge in [-0.05, 0) is 30.2 Å². The summed E-state index contributed by atoms with van der Waals surface area (Å²) in [5.41, 5.74) is 3.10. The molecule has 1 aliphatic heterocycles. The molecule has 2 rings (SSSR count). The number of aliphatic hydroxyl groups is 1. The number of carbonyl (C=O) groups is 1. The summed E-state index contributed by atoms with van der Waals surface area (Å²) in [5, 5.41) is 12.0. The number of aliphatic hydroxyl groups excluding tert-OH is 1. The number of carbonyl (C=O) groups excluding carboxylic acids is 1. The molecule has 1 heterocycles. The Labute approximate surface area is 82.8 Å². The van der Waals surface area contributed by atoms with Crippen LogP contribution >= 0.6 is 0 Å². The topological polar surface area (TPSA) is 49.3 Å². The molecule has 74 valence electrons. The van der Waals surface area contributed by atoms with Crippen LogP contribution in [-0.2, 0) is 13.0 Å². The van der Waals surface area contributed by atoms with Crippen molar-refractivity contribution in [3.63, 3.8) is 0 Å². The van der Waals surface area contributed by atoms with E-state index in [-0.39, 0.29) is 5.78 Å². The van der Waals surface area contributed by atoms with Gasteiger partial charge in [0.2, 0.25) is 0 Å². The van der Waals surface area contributed by atoms with Gasteiger partial charge in [-0.25, -0.2) is 0 Å². The Morgan fingerprint density at radius 2 is 2.29 bits per heavy atom. The summed E-state index contributed by atoms with van der Waals surface area (Å²) in [6, 6.07) is 5.64. The molecular weight excluding hydrogens is 178 g/mol. The second kappa shape index (κ2) is 3.90. The summed E-state index contributed by atoms with van der Waals surface area (Å²) in [5.74, 6) is -0.202. The molecule has 0 unspecified atom stereocenters. The molecule has 1 aromatic rings. The lowest BCUT2D eigenvalue weighted by Gasteiger charge is -2.17. The predicted molar refractivity (Wildman–Crippen MR) is 53.3 cm³/mol. The van der Waals surface area contributed by atoms with Crippen LogP contribution in [-0.4, -0.2) is 24.0 Å². The molecule has 0 amide bonds. The Morgan fingerprint density at radius 1 is 1.43 bits per heavy atom. The Kier molecular flexibility index (Phi) is 2.61. The molecule has 0 fully saturated rings. The highest BCUT2D eigenvalue weighted by Gasteiger charge is 2.11. The summed E-state index contributed by atoms with van der Waals surface area (Å²) in [6.45, 7) is 1.43. The van der Waals surface area contributed by atoms with Gasteiger partial charge in [-0.1, -0.05) is 12.1 Å². The minimum atomic E-state index is -0.406. The first-order chi connectivity index (χ1) is 6.81. The third-order valence-corrected chi connectivity index (χ3v) is 2.56. The van der Waals surface area contributed by atoms with Crippen molar-refractivity contribution in [1.29, 1.82) is 0 Å². The van der Waals surface area contributed by atoms with Crippen LogP contribution in [0.4, 0.5) is 0 Å². The minimum absolute atomic E-state index is 0.202. The number of ketones is 1. The zero-order valence-electron chi connectivity index (χ0n) is 7.92. The first-order valence-corrected chi connectivity index (χ1v) is 4.78. The molecule has 14 heavy (non-hydrogen) atoms. The summed E-state index contributed by atoms with van der Waals surface area (Å²) in [6.07, 6.45) is 0.960. The van der Waals surface area contributed by atoms with Crippen LogP contribution in [0.5, 0.6) is 0 Å². The lowest BCUT2D eigenvalue weighted by atomic mass is 9.97. The lowest BCUT2D eigenvalue weighted by molar-refractivity contribution is 0.0903. The highest BCUT2D eigenvalue weighted by molar-refractivity contribution is 5.97. The van der Waals surface area contributed by atoms with Gasteiger partial charge in [-0.3, -0.25) is 4.79 Å². The number of nitrogens with one attached hydrogen (secondary N) is 1. The number of hydrogen-bond donors (Lipinski definition) is 2. The molecule has 2 N–H and O–H groups in total. The second-order valence-electron chi connectivity index (χ2n) is 3.49. The summed E-state index contributed by atoms with van der Waals surface area (Å²) >= 11 is 0. The zero-order valence-corrected chi connectivity index (χ0v) is 7.92. The van der Waals surface area contributed by atoms with Crippen molar-refractivity contribution >= 4 is 5.78 Å². The van der Waals surface area contributed by atoms with Crippen molar-refractivity contribution in [2.24, 2.45) is 0 Å². The van der Waals surface area contributed by atoms with Crippen LogP contribution in [0.3, 0.4) is 0 Å². The van der Waals surface area contributed by atoms with Gasteiger partial charge in [0.05, 0.1) is 0 Å². The number of Topliss-reactive ketones (excluding diaryl/α,β-unsaturated/α-hetero) is 1. The minimum Gasteiger partial charge on any atom is -0.388 e. The van der Waals surface area contributed by atoms with Crippen LogP contribution in [0.15, 0.2) is 18.2 Å². The molecule has 0 atom stereocenters. The van der Waals surface area contributed by atoms with Crippen LogP contribution in [0, 0.1) is 0 Å². The molecule has 0 bridgehead atoms. The lowest BCUT2D eigenvalue weighted by Crippen LogP contribution is -2.23. The molecule has 0 saturated heterocycles. The monoisotopic (exact) mass is 191 g/mol. The van der Waals surface area contributed by atoms with Gasteiger partial charge >= 0.3 is 0 Å². The first-order valence-electron chi connectivity index (χ1n) is 4.78. The zero-order chi connectivity index (χ0) is 9.97. The Bertz CT molecular complexity index is 360. The summed E-state index contributed by atoms with van der Waals surface area (Å²) in [7, 11) is 0. The second-order valence-corrected chi connectivity index (χ2v) is 3.49. The maximum absolute atomic E-state index is 11.2. The highest BCUT2D eigenvalue weighted by Crippen LogP contribution is 2.16. The smallest absolute Gasteiger partial charge is 0.188 e. The van der Waals surface area contributed by atoms with E-state index in [0.717, 1.165) is 19.5 Å². The fraction of sp³-hybridized carbons (Fsp3) is 0.364. The average Bonchev–Trinajstić information content (AvgIpc) is 2.27. The fourth-order valence-electron chi connectivity index (χ4n) is 1.74. The van der Waals surface area contributed by atoms with Crippen molar-refractivity contribution in [2.45, 2.75) is 13.0 Å². The van der Waals surface area contributed by atoms with E-state index in [1.54, 1.807) is 6.07 Å². The number of fused-ring (bicyclic) bond motifs is 1. The largest absolute Gasteiger partial charge is 0.388 e. The van der Waals surface area contributed by atoms with Crippen molar-refractivity contribution < 1.29 is 9.90 Å². The maximum atomic E-state index is 11.2. The third-order valence-electron chi connectivity index (χ3n) is 2.56. The van der Waals surface area contributed by atoms with Crippen LogP contribution in [0.1, 0.15) is 21.5 Å². The van der Waals surface area contributed by atoms with Crippen LogP contribution < -0.4 is 5.32 Å². The van der Waals surface area contributed by atoms with E-state index in [2.05, 4.69) is 5.32 Å². The van der Waals surface area contributed by atoms with E-state index in [9.17, 15) is 4.79 Å². The molecule has 1 aromatic carbocycles. The summed E-state index contributed by atoms with van der Waals surface area (Å²) < 4.78 is 0. The quantitative estimate of drug-likeness (QED) is 0.669. The molecule has 0 radical (unpaired) electrons. The number of hydrogen-bond acceptors (Lipinski definition) is 3. The Balaban J connectivity index is 2.33. The molecule has 3 nitrogen and oxygen atoms in total. The first kappa shape index (κ1) is 9.37. The van der Waals surface area contributed by atoms with Gasteiger partial charge in [0.25, 0.3) is 0 Å². The van der Waals surface area contributed by atoms with E-state index in [0.29, 0.717) is 5.56 Å². The van der Waals surface area contributed by atoms with Crippen LogP contribution in [0.25, 0.3) is 0 Å². The number of benzene rings is 1. The van der Waals surface area contributed by atoms with E-state index >= 15 is 0 Å². The van der Waals surface area contributed by atoms with Gasteiger partial charge < -0.3 is 10.4 Å². The summed E-state index contributed by atoms with van der Waals surface area (Å²) in [4.78, 5) is 11.2. The fourth-order valence-corrected chi connectivity index (χ4v) is 1.74.